The largest absolute Gasteiger partial charge is 0.409 e. The normalized spacial score (nSPS) is 13.6. The van der Waals surface area contributed by atoms with Gasteiger partial charge in [-0.2, -0.15) is 0 Å². The molecule has 116 valence electrons. The molecule has 1 unspecified atom stereocenters. The van der Waals surface area contributed by atoms with E-state index in [2.05, 4.69) is 0 Å². The molecule has 7 heteroatoms. The van der Waals surface area contributed by atoms with Crippen molar-refractivity contribution in [1.82, 2.24) is 0 Å². The standard InChI is InChI=1S/C12H28O5P2/c1-4-7-10-15-18(13)19(14,16-11-8-5-2)17-12-9-6-3/h18H,4-12H2,1-3H3. The van der Waals surface area contributed by atoms with E-state index in [0.29, 0.717) is 19.8 Å². The summed E-state index contributed by atoms with van der Waals surface area (Å²) < 4.78 is 40.0. The zero-order valence-electron chi connectivity index (χ0n) is 12.4. The van der Waals surface area contributed by atoms with E-state index < -0.39 is 15.0 Å². The van der Waals surface area contributed by atoms with Crippen LogP contribution in [0.5, 0.6) is 0 Å². The van der Waals surface area contributed by atoms with Gasteiger partial charge in [0.15, 0.2) is 0 Å². The highest BCUT2D eigenvalue weighted by Crippen LogP contribution is 2.70. The Morgan fingerprint density at radius 3 is 1.68 bits per heavy atom. The van der Waals surface area contributed by atoms with Crippen molar-refractivity contribution in [1.29, 1.82) is 0 Å². The molecular formula is C12H28O5P2. The summed E-state index contributed by atoms with van der Waals surface area (Å²) in [6.45, 7) is 6.96. The number of hydrogen-bond donors (Lipinski definition) is 0. The monoisotopic (exact) mass is 314 g/mol. The average molecular weight is 314 g/mol. The van der Waals surface area contributed by atoms with E-state index in [1.807, 2.05) is 20.8 Å². The molecule has 0 aliphatic rings. The van der Waals surface area contributed by atoms with E-state index in [9.17, 15) is 9.13 Å². The first-order chi connectivity index (χ1) is 9.10. The molecule has 0 saturated heterocycles. The predicted molar refractivity (Wildman–Crippen MR) is 79.2 cm³/mol. The predicted octanol–water partition coefficient (Wildman–Crippen LogP) is 5.02. The molecule has 0 amide bonds. The molecule has 0 heterocycles. The minimum atomic E-state index is -3.59. The lowest BCUT2D eigenvalue weighted by atomic mass is 10.4. The Morgan fingerprint density at radius 2 is 1.26 bits per heavy atom. The number of unbranched alkanes of at least 4 members (excludes halogenated alkanes) is 3. The summed E-state index contributed by atoms with van der Waals surface area (Å²) in [6, 6.07) is 0. The molecule has 0 fully saturated rings. The van der Waals surface area contributed by atoms with Gasteiger partial charge in [-0.1, -0.05) is 40.0 Å². The van der Waals surface area contributed by atoms with Crippen molar-refractivity contribution in [3.05, 3.63) is 0 Å². The van der Waals surface area contributed by atoms with Crippen molar-refractivity contribution >= 4 is 15.0 Å². The summed E-state index contributed by atoms with van der Waals surface area (Å²) >= 11 is 0. The van der Waals surface area contributed by atoms with E-state index in [-0.39, 0.29) is 0 Å². The first-order valence-corrected chi connectivity index (χ1v) is 10.9. The summed E-state index contributed by atoms with van der Waals surface area (Å²) in [5.74, 6) is 0. The van der Waals surface area contributed by atoms with Crippen LogP contribution in [0.3, 0.4) is 0 Å². The molecule has 0 aromatic heterocycles. The summed E-state index contributed by atoms with van der Waals surface area (Å²) in [6.07, 6.45) is 5.11. The van der Waals surface area contributed by atoms with Crippen LogP contribution in [0.4, 0.5) is 0 Å². The second kappa shape index (κ2) is 12.1. The van der Waals surface area contributed by atoms with Crippen LogP contribution in [-0.2, 0) is 22.7 Å². The van der Waals surface area contributed by atoms with Crippen LogP contribution >= 0.6 is 15.0 Å². The van der Waals surface area contributed by atoms with E-state index in [1.54, 1.807) is 0 Å². The van der Waals surface area contributed by atoms with Crippen LogP contribution in [0.15, 0.2) is 0 Å². The molecule has 0 spiro atoms. The third-order valence-corrected chi connectivity index (χ3v) is 6.91. The highest BCUT2D eigenvalue weighted by Gasteiger charge is 2.33. The summed E-state index contributed by atoms with van der Waals surface area (Å²) in [5, 5.41) is 0. The maximum Gasteiger partial charge on any atom is 0.409 e. The lowest BCUT2D eigenvalue weighted by Gasteiger charge is -2.18. The first-order valence-electron chi connectivity index (χ1n) is 7.17. The molecule has 0 bridgehead atoms. The summed E-state index contributed by atoms with van der Waals surface area (Å²) in [5.41, 5.74) is 0. The summed E-state index contributed by atoms with van der Waals surface area (Å²) in [7, 11) is -6.38. The van der Waals surface area contributed by atoms with Crippen LogP contribution in [0.1, 0.15) is 59.3 Å². The lowest BCUT2D eigenvalue weighted by Crippen LogP contribution is -1.98. The fourth-order valence-corrected chi connectivity index (χ4v) is 4.61. The highest BCUT2D eigenvalue weighted by atomic mass is 32.1. The Hall–Kier alpha value is 0.340. The number of hydrogen-bond acceptors (Lipinski definition) is 5. The van der Waals surface area contributed by atoms with Crippen molar-refractivity contribution in [3.8, 4) is 0 Å². The van der Waals surface area contributed by atoms with Gasteiger partial charge in [0, 0.05) is 0 Å². The minimum absolute atomic E-state index is 0.299. The molecule has 0 aliphatic heterocycles. The highest BCUT2D eigenvalue weighted by molar-refractivity contribution is 8.21. The van der Waals surface area contributed by atoms with Crippen LogP contribution in [-0.4, -0.2) is 19.8 Å². The van der Waals surface area contributed by atoms with E-state index >= 15 is 0 Å². The molecule has 0 aliphatic carbocycles. The van der Waals surface area contributed by atoms with Gasteiger partial charge in [-0.25, -0.2) is 4.57 Å². The zero-order valence-corrected chi connectivity index (χ0v) is 14.2. The first kappa shape index (κ1) is 19.3. The Bertz CT molecular complexity index is 269. The molecule has 19 heavy (non-hydrogen) atoms. The fourth-order valence-electron chi connectivity index (χ4n) is 1.18. The quantitative estimate of drug-likeness (QED) is 0.353. The number of rotatable bonds is 13. The van der Waals surface area contributed by atoms with Crippen molar-refractivity contribution in [2.75, 3.05) is 19.8 Å². The fraction of sp³-hybridized carbons (Fsp3) is 1.00. The Balaban J connectivity index is 4.36. The van der Waals surface area contributed by atoms with Crippen molar-refractivity contribution in [2.24, 2.45) is 0 Å². The maximum atomic E-state index is 12.4. The van der Waals surface area contributed by atoms with Gasteiger partial charge in [-0.05, 0) is 19.3 Å². The SMILES string of the molecule is CCCCO[PH](=O)P(=O)(OCCCC)OCCCC. The third kappa shape index (κ3) is 8.99. The summed E-state index contributed by atoms with van der Waals surface area (Å²) in [4.78, 5) is 0. The maximum absolute atomic E-state index is 12.4. The molecule has 0 rings (SSSR count). The molecule has 0 aromatic rings. The smallest absolute Gasteiger partial charge is 0.322 e. The van der Waals surface area contributed by atoms with Gasteiger partial charge >= 0.3 is 15.0 Å². The molecule has 0 aromatic carbocycles. The minimum Gasteiger partial charge on any atom is -0.322 e. The zero-order chi connectivity index (χ0) is 14.6. The molecule has 0 saturated carbocycles. The van der Waals surface area contributed by atoms with Crippen LogP contribution in [0, 0.1) is 0 Å². The van der Waals surface area contributed by atoms with E-state index in [4.69, 9.17) is 13.6 Å². The second-order valence-electron chi connectivity index (χ2n) is 4.34. The van der Waals surface area contributed by atoms with Crippen LogP contribution in [0.25, 0.3) is 0 Å². The molecule has 0 N–H and O–H groups in total. The molecule has 1 atom stereocenters. The Kier molecular flexibility index (Phi) is 12.3. The molecule has 0 radical (unpaired) electrons. The van der Waals surface area contributed by atoms with E-state index in [0.717, 1.165) is 38.5 Å². The molecule has 5 nitrogen and oxygen atoms in total. The van der Waals surface area contributed by atoms with Gasteiger partial charge < -0.3 is 13.6 Å². The Labute approximate surface area is 117 Å². The van der Waals surface area contributed by atoms with Gasteiger partial charge in [0.05, 0.1) is 19.8 Å². The second-order valence-corrected chi connectivity index (χ2v) is 9.41. The van der Waals surface area contributed by atoms with Gasteiger partial charge in [-0.15, -0.1) is 0 Å². The van der Waals surface area contributed by atoms with Crippen molar-refractivity contribution < 1.29 is 22.7 Å². The lowest BCUT2D eigenvalue weighted by molar-refractivity contribution is 0.206. The third-order valence-electron chi connectivity index (χ3n) is 2.47. The Morgan fingerprint density at radius 1 is 0.842 bits per heavy atom. The average Bonchev–Trinajstić information content (AvgIpc) is 2.39. The topological polar surface area (TPSA) is 61.8 Å². The van der Waals surface area contributed by atoms with Crippen LogP contribution in [0.2, 0.25) is 0 Å². The molecular weight excluding hydrogens is 286 g/mol. The van der Waals surface area contributed by atoms with Gasteiger partial charge in [0.25, 0.3) is 0 Å². The van der Waals surface area contributed by atoms with E-state index in [1.165, 1.54) is 0 Å². The van der Waals surface area contributed by atoms with Gasteiger partial charge in [0.1, 0.15) is 0 Å². The van der Waals surface area contributed by atoms with Crippen molar-refractivity contribution in [2.45, 2.75) is 59.3 Å². The van der Waals surface area contributed by atoms with Gasteiger partial charge in [0.2, 0.25) is 0 Å². The van der Waals surface area contributed by atoms with Gasteiger partial charge in [-0.3, -0.25) is 4.57 Å². The van der Waals surface area contributed by atoms with Crippen molar-refractivity contribution in [3.63, 3.8) is 0 Å². The van der Waals surface area contributed by atoms with Crippen LogP contribution < -0.4 is 0 Å².